The van der Waals surface area contributed by atoms with Crippen LogP contribution in [0.3, 0.4) is 0 Å². The Morgan fingerprint density at radius 1 is 1.00 bits per heavy atom. The van der Waals surface area contributed by atoms with Crippen molar-refractivity contribution in [2.75, 3.05) is 37.6 Å². The number of aromatic nitrogens is 2. The maximum absolute atomic E-state index is 12.0. The second-order valence-electron chi connectivity index (χ2n) is 9.89. The van der Waals surface area contributed by atoms with Crippen LogP contribution in [0.1, 0.15) is 47.4 Å². The van der Waals surface area contributed by atoms with Crippen LogP contribution in [-0.4, -0.2) is 60.8 Å². The van der Waals surface area contributed by atoms with Crippen molar-refractivity contribution in [3.63, 3.8) is 0 Å². The first-order valence-electron chi connectivity index (χ1n) is 13.5. The van der Waals surface area contributed by atoms with Gasteiger partial charge in [-0.3, -0.25) is 4.79 Å². The van der Waals surface area contributed by atoms with E-state index in [1.165, 1.54) is 11.3 Å². The summed E-state index contributed by atoms with van der Waals surface area (Å²) >= 11 is 0. The predicted octanol–water partition coefficient (Wildman–Crippen LogP) is 3.73. The van der Waals surface area contributed by atoms with Gasteiger partial charge in [-0.1, -0.05) is 24.3 Å². The molecule has 0 unspecified atom stereocenters. The molecule has 5 rings (SSSR count). The summed E-state index contributed by atoms with van der Waals surface area (Å²) in [6.07, 6.45) is 7.65. The van der Waals surface area contributed by atoms with E-state index in [0.717, 1.165) is 68.9 Å². The molecular weight excluding hydrogens is 476 g/mol. The number of hydrogen-bond donors (Lipinski definition) is 2. The number of amides is 1. The smallest absolute Gasteiger partial charge is 0.252 e. The van der Waals surface area contributed by atoms with Gasteiger partial charge in [-0.25, -0.2) is 9.97 Å². The first-order valence-corrected chi connectivity index (χ1v) is 13.5. The molecule has 8 nitrogen and oxygen atoms in total. The summed E-state index contributed by atoms with van der Waals surface area (Å²) in [5.74, 6) is 0.488. The molecule has 38 heavy (non-hydrogen) atoms. The van der Waals surface area contributed by atoms with Gasteiger partial charge in [-0.15, -0.1) is 0 Å². The van der Waals surface area contributed by atoms with Gasteiger partial charge >= 0.3 is 0 Å². The number of anilines is 1. The minimum absolute atomic E-state index is 0.0110. The van der Waals surface area contributed by atoms with E-state index >= 15 is 0 Å². The molecule has 2 aliphatic rings. The highest BCUT2D eigenvalue weighted by Gasteiger charge is 2.24. The Kier molecular flexibility index (Phi) is 8.59. The molecule has 2 saturated heterocycles. The second kappa shape index (κ2) is 12.6. The molecule has 2 aromatic carbocycles. The van der Waals surface area contributed by atoms with Crippen molar-refractivity contribution in [3.05, 3.63) is 77.7 Å². The van der Waals surface area contributed by atoms with Gasteiger partial charge in [0, 0.05) is 42.5 Å². The highest BCUT2D eigenvalue weighted by molar-refractivity contribution is 5.94. The summed E-state index contributed by atoms with van der Waals surface area (Å²) in [6.45, 7) is 4.19. The lowest BCUT2D eigenvalue weighted by Gasteiger charge is -2.36. The van der Waals surface area contributed by atoms with E-state index in [0.29, 0.717) is 24.2 Å². The van der Waals surface area contributed by atoms with E-state index in [9.17, 15) is 4.79 Å². The standard InChI is InChI=1S/C30H34N6O2/c31-14-18-34-30(37)24-5-3-23(4-6-24)28-11-17-33-29(35-28)21-22-1-7-25(8-2-22)36-19-12-27(13-20-36)38-26-9-15-32-16-10-26/h1-8,11,17,26-27,32H,9-10,12-13,15-16,18-21H2,(H,34,37). The van der Waals surface area contributed by atoms with Gasteiger partial charge in [0.1, 0.15) is 12.4 Å². The van der Waals surface area contributed by atoms with Crippen molar-refractivity contribution in [1.82, 2.24) is 20.6 Å². The summed E-state index contributed by atoms with van der Waals surface area (Å²) < 4.78 is 6.36. The number of nitriles is 1. The maximum Gasteiger partial charge on any atom is 0.252 e. The Bertz CT molecular complexity index is 1240. The molecule has 0 bridgehead atoms. The zero-order valence-electron chi connectivity index (χ0n) is 21.6. The molecule has 0 saturated carbocycles. The highest BCUT2D eigenvalue weighted by Crippen LogP contribution is 2.25. The van der Waals surface area contributed by atoms with Crippen LogP contribution < -0.4 is 15.5 Å². The van der Waals surface area contributed by atoms with Gasteiger partial charge in [0.2, 0.25) is 0 Å². The molecule has 0 radical (unpaired) electrons. The molecule has 0 spiro atoms. The van der Waals surface area contributed by atoms with E-state index in [1.54, 1.807) is 18.3 Å². The quantitative estimate of drug-likeness (QED) is 0.445. The molecule has 2 fully saturated rings. The number of piperidine rings is 2. The van der Waals surface area contributed by atoms with Gasteiger partial charge in [0.25, 0.3) is 5.91 Å². The first kappa shape index (κ1) is 25.8. The van der Waals surface area contributed by atoms with Crippen LogP contribution in [0.15, 0.2) is 60.8 Å². The molecular formula is C30H34N6O2. The Balaban J connectivity index is 1.15. The zero-order chi connectivity index (χ0) is 26.2. The lowest BCUT2D eigenvalue weighted by molar-refractivity contribution is -0.0363. The molecule has 3 aromatic rings. The predicted molar refractivity (Wildman–Crippen MR) is 147 cm³/mol. The minimum atomic E-state index is -0.264. The van der Waals surface area contributed by atoms with Gasteiger partial charge in [0.15, 0.2) is 0 Å². The second-order valence-corrected chi connectivity index (χ2v) is 9.89. The average molecular weight is 511 g/mol. The Morgan fingerprint density at radius 3 is 2.42 bits per heavy atom. The van der Waals surface area contributed by atoms with Crippen molar-refractivity contribution in [1.29, 1.82) is 5.26 Å². The molecule has 1 amide bonds. The van der Waals surface area contributed by atoms with Gasteiger partial charge < -0.3 is 20.3 Å². The van der Waals surface area contributed by atoms with Crippen molar-refractivity contribution in [2.24, 2.45) is 0 Å². The molecule has 3 heterocycles. The summed E-state index contributed by atoms with van der Waals surface area (Å²) in [6, 6.07) is 19.7. The zero-order valence-corrected chi connectivity index (χ0v) is 21.6. The number of carbonyl (C=O) groups is 1. The summed E-state index contributed by atoms with van der Waals surface area (Å²) in [5.41, 5.74) is 4.65. The molecule has 1 aromatic heterocycles. The van der Waals surface area contributed by atoms with E-state index in [4.69, 9.17) is 15.0 Å². The first-order chi connectivity index (χ1) is 18.7. The fourth-order valence-electron chi connectivity index (χ4n) is 5.12. The minimum Gasteiger partial charge on any atom is -0.375 e. The van der Waals surface area contributed by atoms with Crippen LogP contribution in [0.2, 0.25) is 0 Å². The lowest BCUT2D eigenvalue weighted by atomic mass is 10.0. The number of rotatable bonds is 8. The SMILES string of the molecule is N#CCNC(=O)c1ccc(-c2ccnc(Cc3ccc(N4CCC(OC5CCNCC5)CC4)cc3)n2)cc1. The molecule has 196 valence electrons. The maximum atomic E-state index is 12.0. The van der Waals surface area contributed by atoms with Crippen LogP contribution in [0.4, 0.5) is 5.69 Å². The Morgan fingerprint density at radius 2 is 1.71 bits per heavy atom. The number of carbonyl (C=O) groups excluding carboxylic acids is 1. The van der Waals surface area contributed by atoms with E-state index < -0.39 is 0 Å². The Hall–Kier alpha value is -3.80. The van der Waals surface area contributed by atoms with Gasteiger partial charge in [-0.2, -0.15) is 5.26 Å². The number of hydrogen-bond acceptors (Lipinski definition) is 7. The number of nitrogens with zero attached hydrogens (tertiary/aromatic N) is 4. The number of nitrogens with one attached hydrogen (secondary N) is 2. The Labute approximate surface area is 224 Å². The third-order valence-corrected chi connectivity index (χ3v) is 7.25. The molecule has 0 aliphatic carbocycles. The molecule has 2 N–H and O–H groups in total. The van der Waals surface area contributed by atoms with Crippen molar-refractivity contribution in [2.45, 2.75) is 44.3 Å². The van der Waals surface area contributed by atoms with E-state index in [1.807, 2.05) is 24.3 Å². The van der Waals surface area contributed by atoms with Crippen molar-refractivity contribution >= 4 is 11.6 Å². The summed E-state index contributed by atoms with van der Waals surface area (Å²) in [4.78, 5) is 23.7. The van der Waals surface area contributed by atoms with Gasteiger partial charge in [0.05, 0.1) is 24.0 Å². The fourth-order valence-corrected chi connectivity index (χ4v) is 5.12. The topological polar surface area (TPSA) is 103 Å². The monoisotopic (exact) mass is 510 g/mol. The van der Waals surface area contributed by atoms with Gasteiger partial charge in [-0.05, 0) is 74.7 Å². The normalized spacial score (nSPS) is 16.7. The van der Waals surface area contributed by atoms with Crippen molar-refractivity contribution < 1.29 is 9.53 Å². The van der Waals surface area contributed by atoms with Crippen molar-refractivity contribution in [3.8, 4) is 17.3 Å². The van der Waals surface area contributed by atoms with Crippen LogP contribution in [0.5, 0.6) is 0 Å². The highest BCUT2D eigenvalue weighted by atomic mass is 16.5. The lowest BCUT2D eigenvalue weighted by Crippen LogP contribution is -2.40. The number of benzene rings is 2. The van der Waals surface area contributed by atoms with E-state index in [-0.39, 0.29) is 12.5 Å². The third-order valence-electron chi connectivity index (χ3n) is 7.25. The summed E-state index contributed by atoms with van der Waals surface area (Å²) in [5, 5.41) is 14.6. The average Bonchev–Trinajstić information content (AvgIpc) is 2.97. The van der Waals surface area contributed by atoms with E-state index in [2.05, 4.69) is 44.8 Å². The molecule has 2 aliphatic heterocycles. The van der Waals surface area contributed by atoms with Crippen LogP contribution >= 0.6 is 0 Å². The van der Waals surface area contributed by atoms with Crippen LogP contribution in [-0.2, 0) is 11.2 Å². The number of ether oxygens (including phenoxy) is 1. The molecule has 0 atom stereocenters. The third kappa shape index (κ3) is 6.74. The fraction of sp³-hybridized carbons (Fsp3) is 0.400. The largest absolute Gasteiger partial charge is 0.375 e. The summed E-state index contributed by atoms with van der Waals surface area (Å²) in [7, 11) is 0. The van der Waals surface area contributed by atoms with Crippen LogP contribution in [0, 0.1) is 11.3 Å². The van der Waals surface area contributed by atoms with Crippen LogP contribution in [0.25, 0.3) is 11.3 Å². The molecule has 8 heteroatoms.